The average molecular weight is 386 g/mol. The first kappa shape index (κ1) is 21.5. The first-order chi connectivity index (χ1) is 13.3. The maximum Gasteiger partial charge on any atom is 0.251 e. The van der Waals surface area contributed by atoms with Crippen LogP contribution in [0.25, 0.3) is 0 Å². The molecule has 0 aliphatic heterocycles. The fourth-order valence-corrected chi connectivity index (χ4v) is 2.95. The summed E-state index contributed by atoms with van der Waals surface area (Å²) in [4.78, 5) is 25.0. The topological polar surface area (TPSA) is 85.2 Å². The quantitative estimate of drug-likeness (QED) is 0.649. The van der Waals surface area contributed by atoms with E-state index in [-0.39, 0.29) is 17.7 Å². The van der Waals surface area contributed by atoms with E-state index in [0.717, 1.165) is 24.4 Å². The Bertz CT molecular complexity index is 796. The summed E-state index contributed by atoms with van der Waals surface area (Å²) < 4.78 is 7.04. The van der Waals surface area contributed by atoms with Crippen LogP contribution in [0.15, 0.2) is 30.3 Å². The predicted molar refractivity (Wildman–Crippen MR) is 108 cm³/mol. The number of carbonyl (C=O) groups excluding carboxylic acids is 2. The van der Waals surface area contributed by atoms with Crippen molar-refractivity contribution in [1.82, 2.24) is 20.4 Å². The van der Waals surface area contributed by atoms with Crippen LogP contribution in [0.2, 0.25) is 0 Å². The zero-order chi connectivity index (χ0) is 20.7. The molecule has 7 nitrogen and oxygen atoms in total. The molecule has 0 bridgehead atoms. The van der Waals surface area contributed by atoms with Gasteiger partial charge in [-0.1, -0.05) is 13.8 Å². The number of methoxy groups -OCH3 is 1. The fourth-order valence-electron chi connectivity index (χ4n) is 2.95. The molecule has 2 N–H and O–H groups in total. The Morgan fingerprint density at radius 3 is 2.39 bits per heavy atom. The van der Waals surface area contributed by atoms with Crippen LogP contribution in [-0.2, 0) is 11.3 Å². The van der Waals surface area contributed by atoms with Gasteiger partial charge in [0.05, 0.1) is 12.8 Å². The van der Waals surface area contributed by atoms with Crippen molar-refractivity contribution in [3.05, 3.63) is 47.3 Å². The first-order valence-corrected chi connectivity index (χ1v) is 9.55. The molecule has 1 aromatic heterocycles. The minimum Gasteiger partial charge on any atom is -0.497 e. The van der Waals surface area contributed by atoms with E-state index >= 15 is 0 Å². The SMILES string of the molecule is COc1ccc(C(=O)NC(C(=O)NCCCn2nc(C)cc2C)C(C)C)cc1. The number of ether oxygens (including phenoxy) is 1. The molecule has 1 unspecified atom stereocenters. The van der Waals surface area contributed by atoms with E-state index in [1.54, 1.807) is 31.4 Å². The van der Waals surface area contributed by atoms with Crippen LogP contribution < -0.4 is 15.4 Å². The zero-order valence-corrected chi connectivity index (χ0v) is 17.3. The lowest BCUT2D eigenvalue weighted by atomic mass is 10.0. The number of rotatable bonds is 9. The molecule has 0 spiro atoms. The van der Waals surface area contributed by atoms with Crippen molar-refractivity contribution in [2.24, 2.45) is 5.92 Å². The molecular formula is C21H30N4O3. The molecule has 2 rings (SSSR count). The first-order valence-electron chi connectivity index (χ1n) is 9.55. The van der Waals surface area contributed by atoms with E-state index < -0.39 is 6.04 Å². The second kappa shape index (κ2) is 9.92. The third kappa shape index (κ3) is 5.84. The highest BCUT2D eigenvalue weighted by atomic mass is 16.5. The van der Waals surface area contributed by atoms with Crippen molar-refractivity contribution in [3.8, 4) is 5.75 Å². The van der Waals surface area contributed by atoms with Gasteiger partial charge in [0.15, 0.2) is 0 Å². The van der Waals surface area contributed by atoms with Crippen molar-refractivity contribution in [2.75, 3.05) is 13.7 Å². The Hall–Kier alpha value is -2.83. The largest absolute Gasteiger partial charge is 0.497 e. The molecule has 1 aromatic carbocycles. The number of amides is 2. The summed E-state index contributed by atoms with van der Waals surface area (Å²) >= 11 is 0. The van der Waals surface area contributed by atoms with Gasteiger partial charge >= 0.3 is 0 Å². The lowest BCUT2D eigenvalue weighted by Gasteiger charge is -2.22. The maximum atomic E-state index is 12.6. The van der Waals surface area contributed by atoms with Crippen LogP contribution in [0.3, 0.4) is 0 Å². The van der Waals surface area contributed by atoms with Gasteiger partial charge in [-0.3, -0.25) is 14.3 Å². The van der Waals surface area contributed by atoms with Crippen molar-refractivity contribution < 1.29 is 14.3 Å². The summed E-state index contributed by atoms with van der Waals surface area (Å²) in [6.07, 6.45) is 0.769. The Kier molecular flexibility index (Phi) is 7.61. The number of hydrogen-bond acceptors (Lipinski definition) is 4. The molecule has 0 aliphatic carbocycles. The molecule has 2 aromatic rings. The lowest BCUT2D eigenvalue weighted by Crippen LogP contribution is -2.50. The molecule has 7 heteroatoms. The highest BCUT2D eigenvalue weighted by Gasteiger charge is 2.24. The number of carbonyl (C=O) groups is 2. The molecule has 0 radical (unpaired) electrons. The Balaban J connectivity index is 1.86. The van der Waals surface area contributed by atoms with Gasteiger partial charge < -0.3 is 15.4 Å². The fraction of sp³-hybridized carbons (Fsp3) is 0.476. The summed E-state index contributed by atoms with van der Waals surface area (Å²) in [6, 6.07) is 8.23. The van der Waals surface area contributed by atoms with E-state index in [9.17, 15) is 9.59 Å². The van der Waals surface area contributed by atoms with Gasteiger partial charge in [-0.05, 0) is 56.5 Å². The summed E-state index contributed by atoms with van der Waals surface area (Å²) in [5.41, 5.74) is 2.59. The summed E-state index contributed by atoms with van der Waals surface area (Å²) in [6.45, 7) is 9.07. The molecule has 2 amide bonds. The second-order valence-corrected chi connectivity index (χ2v) is 7.22. The summed E-state index contributed by atoms with van der Waals surface area (Å²) in [7, 11) is 1.57. The molecule has 0 saturated heterocycles. The number of nitrogens with one attached hydrogen (secondary N) is 2. The second-order valence-electron chi connectivity index (χ2n) is 7.22. The third-order valence-electron chi connectivity index (χ3n) is 4.54. The van der Waals surface area contributed by atoms with Crippen LogP contribution in [0.1, 0.15) is 42.0 Å². The standard InChI is InChI=1S/C21H30N4O3/c1-14(2)19(23-20(26)17-7-9-18(28-5)10-8-17)21(27)22-11-6-12-25-16(4)13-15(3)24-25/h7-10,13-14,19H,6,11-12H2,1-5H3,(H,22,27)(H,23,26). The van der Waals surface area contributed by atoms with Crippen molar-refractivity contribution in [1.29, 1.82) is 0 Å². The zero-order valence-electron chi connectivity index (χ0n) is 17.3. The minimum atomic E-state index is -0.594. The Morgan fingerprint density at radius 2 is 1.86 bits per heavy atom. The molecule has 28 heavy (non-hydrogen) atoms. The number of benzene rings is 1. The molecule has 1 atom stereocenters. The number of aromatic nitrogens is 2. The van der Waals surface area contributed by atoms with Gasteiger partial charge in [0.25, 0.3) is 5.91 Å². The minimum absolute atomic E-state index is 0.0294. The van der Waals surface area contributed by atoms with Crippen LogP contribution in [0.4, 0.5) is 0 Å². The third-order valence-corrected chi connectivity index (χ3v) is 4.54. The Labute approximate surface area is 166 Å². The molecule has 0 fully saturated rings. The molecule has 1 heterocycles. The van der Waals surface area contributed by atoms with E-state index in [4.69, 9.17) is 4.74 Å². The van der Waals surface area contributed by atoms with Gasteiger partial charge in [-0.2, -0.15) is 5.10 Å². The van der Waals surface area contributed by atoms with E-state index in [2.05, 4.69) is 15.7 Å². The highest BCUT2D eigenvalue weighted by molar-refractivity contribution is 5.97. The predicted octanol–water partition coefficient (Wildman–Crippen LogP) is 2.47. The molecule has 0 aliphatic rings. The highest BCUT2D eigenvalue weighted by Crippen LogP contribution is 2.12. The van der Waals surface area contributed by atoms with Crippen LogP contribution >= 0.6 is 0 Å². The maximum absolute atomic E-state index is 12.6. The van der Waals surface area contributed by atoms with Gasteiger partial charge in [0, 0.05) is 24.3 Å². The van der Waals surface area contributed by atoms with Crippen molar-refractivity contribution in [2.45, 2.75) is 46.7 Å². The number of aryl methyl sites for hydroxylation is 3. The number of nitrogens with zero attached hydrogens (tertiary/aromatic N) is 2. The van der Waals surface area contributed by atoms with Gasteiger partial charge in [-0.15, -0.1) is 0 Å². The van der Waals surface area contributed by atoms with Crippen LogP contribution in [0, 0.1) is 19.8 Å². The Morgan fingerprint density at radius 1 is 1.18 bits per heavy atom. The van der Waals surface area contributed by atoms with Crippen LogP contribution in [0.5, 0.6) is 5.75 Å². The van der Waals surface area contributed by atoms with Gasteiger partial charge in [0.1, 0.15) is 11.8 Å². The summed E-state index contributed by atoms with van der Waals surface area (Å²) in [5.74, 6) is 0.194. The van der Waals surface area contributed by atoms with E-state index in [1.165, 1.54) is 0 Å². The van der Waals surface area contributed by atoms with Crippen molar-refractivity contribution >= 4 is 11.8 Å². The smallest absolute Gasteiger partial charge is 0.251 e. The van der Waals surface area contributed by atoms with Crippen LogP contribution in [-0.4, -0.2) is 41.3 Å². The summed E-state index contributed by atoms with van der Waals surface area (Å²) in [5, 5.41) is 10.2. The molecule has 152 valence electrons. The van der Waals surface area contributed by atoms with Crippen molar-refractivity contribution in [3.63, 3.8) is 0 Å². The monoisotopic (exact) mass is 386 g/mol. The number of hydrogen-bond donors (Lipinski definition) is 2. The van der Waals surface area contributed by atoms with Gasteiger partial charge in [-0.25, -0.2) is 0 Å². The average Bonchev–Trinajstić information content (AvgIpc) is 2.99. The van der Waals surface area contributed by atoms with E-state index in [0.29, 0.717) is 17.9 Å². The molecular weight excluding hydrogens is 356 g/mol. The van der Waals surface area contributed by atoms with Gasteiger partial charge in [0.2, 0.25) is 5.91 Å². The molecule has 0 saturated carbocycles. The van der Waals surface area contributed by atoms with E-state index in [1.807, 2.05) is 38.4 Å². The lowest BCUT2D eigenvalue weighted by molar-refractivity contribution is -0.123. The normalized spacial score (nSPS) is 11.9.